The summed E-state index contributed by atoms with van der Waals surface area (Å²) in [4.78, 5) is 28.8. The molecule has 33 heavy (non-hydrogen) atoms. The van der Waals surface area contributed by atoms with Crippen molar-refractivity contribution in [2.24, 2.45) is 0 Å². The highest BCUT2D eigenvalue weighted by atomic mass is 16.5. The van der Waals surface area contributed by atoms with Crippen LogP contribution in [0.3, 0.4) is 0 Å². The third-order valence-electron chi connectivity index (χ3n) is 7.15. The van der Waals surface area contributed by atoms with Gasteiger partial charge in [0.25, 0.3) is 0 Å². The lowest BCUT2D eigenvalue weighted by molar-refractivity contribution is -0.143. The van der Waals surface area contributed by atoms with E-state index in [1.54, 1.807) is 0 Å². The van der Waals surface area contributed by atoms with Gasteiger partial charge in [0.05, 0.1) is 18.8 Å². The molecule has 1 atom stereocenters. The second kappa shape index (κ2) is 9.25. The van der Waals surface area contributed by atoms with Gasteiger partial charge >= 0.3 is 0 Å². The molecule has 2 aromatic rings. The smallest absolute Gasteiger partial charge is 0.246 e. The summed E-state index contributed by atoms with van der Waals surface area (Å²) in [7, 11) is 0. The number of ether oxygens (including phenoxy) is 2. The maximum Gasteiger partial charge on any atom is 0.246 e. The molecule has 1 N–H and O–H groups in total. The molecule has 0 spiro atoms. The molecule has 3 aliphatic rings. The number of carbonyl (C=O) groups is 2. The summed E-state index contributed by atoms with van der Waals surface area (Å²) in [5, 5.41) is 2.50. The topological polar surface area (TPSA) is 71.1 Å². The molecule has 7 nitrogen and oxygen atoms in total. The van der Waals surface area contributed by atoms with Crippen molar-refractivity contribution in [3.05, 3.63) is 64.7 Å². The van der Waals surface area contributed by atoms with Crippen molar-refractivity contribution in [3.8, 4) is 5.75 Å². The summed E-state index contributed by atoms with van der Waals surface area (Å²) in [6, 6.07) is 14.7. The van der Waals surface area contributed by atoms with E-state index in [4.69, 9.17) is 9.47 Å². The predicted molar refractivity (Wildman–Crippen MR) is 123 cm³/mol. The molecule has 0 radical (unpaired) electrons. The van der Waals surface area contributed by atoms with E-state index in [2.05, 4.69) is 45.4 Å². The first-order valence-electron chi connectivity index (χ1n) is 11.7. The number of benzene rings is 2. The molecule has 2 amide bonds. The molecule has 2 aromatic carbocycles. The van der Waals surface area contributed by atoms with Gasteiger partial charge < -0.3 is 9.47 Å². The molecule has 3 heterocycles. The number of hydrogen-bond donors (Lipinski definition) is 1. The Bertz CT molecular complexity index is 1030. The molecule has 0 unspecified atom stereocenters. The van der Waals surface area contributed by atoms with E-state index < -0.39 is 5.54 Å². The van der Waals surface area contributed by atoms with E-state index in [1.165, 1.54) is 11.1 Å². The predicted octanol–water partition coefficient (Wildman–Crippen LogP) is 2.61. The summed E-state index contributed by atoms with van der Waals surface area (Å²) in [5.41, 5.74) is 4.06. The first-order chi connectivity index (χ1) is 16.0. The molecule has 2 fully saturated rings. The van der Waals surface area contributed by atoms with Crippen LogP contribution in [0.4, 0.5) is 0 Å². The van der Waals surface area contributed by atoms with E-state index in [0.29, 0.717) is 32.5 Å². The Morgan fingerprint density at radius 3 is 2.55 bits per heavy atom. The van der Waals surface area contributed by atoms with Crippen LogP contribution in [0.5, 0.6) is 5.75 Å². The fraction of sp³-hybridized carbons (Fsp3) is 0.462. The molecular formula is C26H31N3O4. The van der Waals surface area contributed by atoms with Crippen molar-refractivity contribution in [2.75, 3.05) is 26.3 Å². The van der Waals surface area contributed by atoms with E-state index >= 15 is 0 Å². The average molecular weight is 450 g/mol. The largest absolute Gasteiger partial charge is 0.489 e. The minimum Gasteiger partial charge on any atom is -0.489 e. The first kappa shape index (κ1) is 22.1. The second-order valence-corrected chi connectivity index (χ2v) is 9.39. The molecule has 0 saturated carbocycles. The highest BCUT2D eigenvalue weighted by molar-refractivity contribution is 6.02. The van der Waals surface area contributed by atoms with Gasteiger partial charge in [0.15, 0.2) is 0 Å². The summed E-state index contributed by atoms with van der Waals surface area (Å²) in [6.07, 6.45) is 0.915. The Morgan fingerprint density at radius 1 is 1.03 bits per heavy atom. The zero-order chi connectivity index (χ0) is 22.8. The highest BCUT2D eigenvalue weighted by Gasteiger charge is 2.45. The van der Waals surface area contributed by atoms with E-state index in [1.807, 2.05) is 19.1 Å². The standard InChI is InChI=1S/C26H31N3O4/c1-26(10-9-24(30)27-25(26)31)29-16-21-3-2-4-23(22(21)17-29)33-18-20-7-5-19(6-8-20)15-28-11-13-32-14-12-28/h2-8H,9-18H2,1H3,(H,27,30,31)/t26-/m0/s1. The van der Waals surface area contributed by atoms with Crippen LogP contribution in [0.25, 0.3) is 0 Å². The van der Waals surface area contributed by atoms with Crippen molar-refractivity contribution < 1.29 is 19.1 Å². The van der Waals surface area contributed by atoms with Gasteiger partial charge in [-0.15, -0.1) is 0 Å². The van der Waals surface area contributed by atoms with Crippen LogP contribution in [0.1, 0.15) is 42.0 Å². The number of nitrogens with zero attached hydrogens (tertiary/aromatic N) is 2. The quantitative estimate of drug-likeness (QED) is 0.684. The Morgan fingerprint density at radius 2 is 1.79 bits per heavy atom. The van der Waals surface area contributed by atoms with Crippen molar-refractivity contribution in [1.82, 2.24) is 15.1 Å². The monoisotopic (exact) mass is 449 g/mol. The van der Waals surface area contributed by atoms with Gasteiger partial charge in [-0.3, -0.25) is 24.7 Å². The maximum atomic E-state index is 12.6. The van der Waals surface area contributed by atoms with Crippen molar-refractivity contribution in [3.63, 3.8) is 0 Å². The first-order valence-corrected chi connectivity index (χ1v) is 11.7. The number of amides is 2. The van der Waals surface area contributed by atoms with Crippen LogP contribution in [0.2, 0.25) is 0 Å². The van der Waals surface area contributed by atoms with Crippen LogP contribution >= 0.6 is 0 Å². The van der Waals surface area contributed by atoms with Crippen LogP contribution in [-0.4, -0.2) is 53.5 Å². The zero-order valence-electron chi connectivity index (χ0n) is 19.1. The number of nitrogens with one attached hydrogen (secondary N) is 1. The lowest BCUT2D eigenvalue weighted by Crippen LogP contribution is -2.59. The summed E-state index contributed by atoms with van der Waals surface area (Å²) in [6.45, 7) is 8.29. The summed E-state index contributed by atoms with van der Waals surface area (Å²) in [5.74, 6) is 0.476. The Hall–Kier alpha value is -2.74. The number of rotatable bonds is 6. The minimum atomic E-state index is -0.680. The van der Waals surface area contributed by atoms with Crippen LogP contribution in [-0.2, 0) is 40.6 Å². The van der Waals surface area contributed by atoms with Gasteiger partial charge in [-0.05, 0) is 36.1 Å². The molecule has 0 aliphatic carbocycles. The summed E-state index contributed by atoms with van der Waals surface area (Å²) >= 11 is 0. The van der Waals surface area contributed by atoms with Gasteiger partial charge in [-0.25, -0.2) is 0 Å². The maximum absolute atomic E-state index is 12.6. The SMILES string of the molecule is C[C@]1(N2Cc3cccc(OCc4ccc(CN5CCOCC5)cc4)c3C2)CCC(=O)NC1=O. The van der Waals surface area contributed by atoms with E-state index in [9.17, 15) is 9.59 Å². The molecule has 174 valence electrons. The fourth-order valence-corrected chi connectivity index (χ4v) is 4.89. The number of hydrogen-bond acceptors (Lipinski definition) is 6. The second-order valence-electron chi connectivity index (χ2n) is 9.39. The zero-order valence-corrected chi connectivity index (χ0v) is 19.1. The molecule has 2 saturated heterocycles. The number of morpholine rings is 1. The molecule has 3 aliphatic heterocycles. The van der Waals surface area contributed by atoms with Crippen molar-refractivity contribution >= 4 is 11.8 Å². The molecule has 0 aromatic heterocycles. The van der Waals surface area contributed by atoms with Crippen LogP contribution < -0.4 is 10.1 Å². The minimum absolute atomic E-state index is 0.186. The van der Waals surface area contributed by atoms with Gasteiger partial charge in [-0.2, -0.15) is 0 Å². The normalized spacial score (nSPS) is 23.9. The number of carbonyl (C=O) groups excluding carboxylic acids is 2. The van der Waals surface area contributed by atoms with Gasteiger partial charge in [0, 0.05) is 44.7 Å². The summed E-state index contributed by atoms with van der Waals surface area (Å²) < 4.78 is 11.7. The Balaban J connectivity index is 1.22. The molecule has 5 rings (SSSR count). The van der Waals surface area contributed by atoms with Crippen molar-refractivity contribution in [1.29, 1.82) is 0 Å². The average Bonchev–Trinajstić information content (AvgIpc) is 3.28. The molecular weight excluding hydrogens is 418 g/mol. The number of fused-ring (bicyclic) bond motifs is 1. The van der Waals surface area contributed by atoms with Crippen LogP contribution in [0, 0.1) is 0 Å². The van der Waals surface area contributed by atoms with E-state index in [0.717, 1.165) is 49.7 Å². The Labute approximate surface area is 194 Å². The lowest BCUT2D eigenvalue weighted by Gasteiger charge is -2.39. The van der Waals surface area contributed by atoms with Gasteiger partial charge in [0.2, 0.25) is 11.8 Å². The third-order valence-corrected chi connectivity index (χ3v) is 7.15. The lowest BCUT2D eigenvalue weighted by atomic mass is 9.89. The van der Waals surface area contributed by atoms with Crippen molar-refractivity contribution in [2.45, 2.75) is 51.5 Å². The third kappa shape index (κ3) is 4.67. The molecule has 7 heteroatoms. The van der Waals surface area contributed by atoms with Gasteiger partial charge in [-0.1, -0.05) is 36.4 Å². The van der Waals surface area contributed by atoms with E-state index in [-0.39, 0.29) is 11.8 Å². The number of imide groups is 1. The number of piperidine rings is 1. The Kier molecular flexibility index (Phi) is 6.19. The fourth-order valence-electron chi connectivity index (χ4n) is 4.89. The molecule has 0 bridgehead atoms. The van der Waals surface area contributed by atoms with Gasteiger partial charge in [0.1, 0.15) is 12.4 Å². The highest BCUT2D eigenvalue weighted by Crippen LogP contribution is 2.38. The van der Waals surface area contributed by atoms with Crippen LogP contribution in [0.15, 0.2) is 42.5 Å².